The number of amides is 1. The van der Waals surface area contributed by atoms with Gasteiger partial charge in [0.1, 0.15) is 23.2 Å². The van der Waals surface area contributed by atoms with Gasteiger partial charge >= 0.3 is 6.01 Å². The quantitative estimate of drug-likeness (QED) is 0.238. The minimum absolute atomic E-state index is 0.0109. The number of fused-ring (bicyclic) bond motifs is 4. The fraction of sp³-hybridized carbons (Fsp3) is 0.474. The lowest BCUT2D eigenvalue weighted by Gasteiger charge is -2.45. The van der Waals surface area contributed by atoms with Gasteiger partial charge in [0.05, 0.1) is 11.4 Å². The third-order valence-electron chi connectivity index (χ3n) is 11.0. The van der Waals surface area contributed by atoms with Crippen molar-refractivity contribution in [2.75, 3.05) is 51.7 Å². The maximum absolute atomic E-state index is 16.9. The van der Waals surface area contributed by atoms with E-state index in [1.165, 1.54) is 0 Å². The Morgan fingerprint density at radius 1 is 1.06 bits per heavy atom. The highest BCUT2D eigenvalue weighted by atomic mass is 35.5. The van der Waals surface area contributed by atoms with Gasteiger partial charge in [0.15, 0.2) is 12.0 Å². The molecule has 9 nitrogen and oxygen atoms in total. The highest BCUT2D eigenvalue weighted by Gasteiger charge is 2.41. The number of carbonyl (C=O) groups is 1. The van der Waals surface area contributed by atoms with E-state index >= 15 is 4.39 Å². The van der Waals surface area contributed by atoms with Crippen molar-refractivity contribution in [1.82, 2.24) is 29.7 Å². The van der Waals surface area contributed by atoms with E-state index in [2.05, 4.69) is 26.7 Å². The molecular formula is C38H40ClF2N7O2. The summed E-state index contributed by atoms with van der Waals surface area (Å²) in [4.78, 5) is 35.2. The Morgan fingerprint density at radius 3 is 2.68 bits per heavy atom. The molecule has 0 aliphatic carbocycles. The van der Waals surface area contributed by atoms with Crippen molar-refractivity contribution in [3.63, 3.8) is 0 Å². The summed E-state index contributed by atoms with van der Waals surface area (Å²) in [6, 6.07) is 11.2. The molecule has 4 aliphatic heterocycles. The van der Waals surface area contributed by atoms with Gasteiger partial charge in [-0.05, 0) is 69.5 Å². The Bertz CT molecular complexity index is 2000. The largest absolute Gasteiger partial charge is 0.444 e. The van der Waals surface area contributed by atoms with Crippen LogP contribution >= 0.6 is 11.6 Å². The van der Waals surface area contributed by atoms with Crippen LogP contribution in [0.1, 0.15) is 38.5 Å². The fourth-order valence-electron chi connectivity index (χ4n) is 8.25. The van der Waals surface area contributed by atoms with Gasteiger partial charge in [-0.3, -0.25) is 19.6 Å². The first-order chi connectivity index (χ1) is 24.2. The molecule has 8 rings (SSSR count). The monoisotopic (exact) mass is 699 g/mol. The Labute approximate surface area is 295 Å². The Balaban J connectivity index is 1.16. The lowest BCUT2D eigenvalue weighted by Crippen LogP contribution is -2.55. The number of likely N-dealkylation sites (tertiary alicyclic amines) is 2. The molecule has 2 aromatic carbocycles. The molecule has 0 saturated carbocycles. The van der Waals surface area contributed by atoms with E-state index in [-0.39, 0.29) is 47.7 Å². The number of pyridine rings is 1. The second-order valence-electron chi connectivity index (χ2n) is 14.1. The smallest absolute Gasteiger partial charge is 0.320 e. The van der Waals surface area contributed by atoms with E-state index in [9.17, 15) is 9.18 Å². The number of likely N-dealkylation sites (N-methyl/N-ethyl adjacent to an activating group) is 1. The van der Waals surface area contributed by atoms with Crippen LogP contribution < -0.4 is 9.64 Å². The molecule has 3 unspecified atom stereocenters. The number of benzene rings is 2. The minimum Gasteiger partial charge on any atom is -0.444 e. The molecule has 4 fully saturated rings. The first kappa shape index (κ1) is 33.1. The van der Waals surface area contributed by atoms with Crippen molar-refractivity contribution < 1.29 is 18.3 Å². The molecule has 0 radical (unpaired) electrons. The number of hydrogen-bond acceptors (Lipinski definition) is 8. The molecule has 0 N–H and O–H groups in total. The maximum Gasteiger partial charge on any atom is 0.320 e. The highest BCUT2D eigenvalue weighted by Crippen LogP contribution is 2.39. The molecule has 6 heterocycles. The third-order valence-corrected chi connectivity index (χ3v) is 11.3. The zero-order valence-electron chi connectivity index (χ0n) is 28.3. The number of nitrogens with zero attached hydrogens (tertiary/aromatic N) is 7. The van der Waals surface area contributed by atoms with Crippen molar-refractivity contribution in [3.8, 4) is 29.1 Å². The molecule has 4 saturated heterocycles. The van der Waals surface area contributed by atoms with Crippen molar-refractivity contribution in [2.45, 2.75) is 63.0 Å². The highest BCUT2D eigenvalue weighted by molar-refractivity contribution is 6.36. The number of carbonyl (C=O) groups excluding carboxylic acids is 1. The van der Waals surface area contributed by atoms with Gasteiger partial charge in [-0.25, -0.2) is 8.78 Å². The van der Waals surface area contributed by atoms with Crippen LogP contribution in [0, 0.1) is 23.6 Å². The normalized spacial score (nSPS) is 26.6. The van der Waals surface area contributed by atoms with Gasteiger partial charge in [0.25, 0.3) is 5.91 Å². The second kappa shape index (κ2) is 13.5. The molecule has 4 aliphatic rings. The van der Waals surface area contributed by atoms with E-state index in [1.54, 1.807) is 23.2 Å². The number of piperidine rings is 2. The fourth-order valence-corrected chi connectivity index (χ4v) is 8.53. The summed E-state index contributed by atoms with van der Waals surface area (Å²) in [6.45, 7) is 3.00. The molecular weight excluding hydrogens is 660 g/mol. The number of aromatic nitrogens is 3. The van der Waals surface area contributed by atoms with Crippen LogP contribution in [0.25, 0.3) is 32.9 Å². The SMILES string of the molecule is CN1CCCC1C#CC(=O)N1CC[C@@H](N(C)c2nc(OC3[C@@H]4CCCN3C[C@H](F)C4)nc3c(F)c(-c4cccc5cccc(Cl)c45)ncc23)C1. The number of ether oxygens (including phenoxy) is 1. The summed E-state index contributed by atoms with van der Waals surface area (Å²) >= 11 is 6.63. The molecule has 12 heteroatoms. The van der Waals surface area contributed by atoms with Crippen LogP contribution in [0.2, 0.25) is 5.02 Å². The molecule has 6 atom stereocenters. The summed E-state index contributed by atoms with van der Waals surface area (Å²) in [5, 5.41) is 2.49. The van der Waals surface area contributed by atoms with Gasteiger partial charge in [-0.15, -0.1) is 0 Å². The Kier molecular flexibility index (Phi) is 8.96. The Morgan fingerprint density at radius 2 is 1.88 bits per heavy atom. The summed E-state index contributed by atoms with van der Waals surface area (Å²) in [5.74, 6) is 5.69. The third kappa shape index (κ3) is 6.12. The zero-order valence-corrected chi connectivity index (χ0v) is 29.0. The number of alkyl halides is 1. The second-order valence-corrected chi connectivity index (χ2v) is 14.5. The Hall–Kier alpha value is -4.11. The van der Waals surface area contributed by atoms with E-state index in [4.69, 9.17) is 21.3 Å². The van der Waals surface area contributed by atoms with Crippen LogP contribution in [0.3, 0.4) is 0 Å². The molecule has 0 spiro atoms. The standard InChI is InChI=1S/C38H40ClF2N7O2/c1-45-16-6-10-26(45)13-14-31(49)47-18-15-27(22-47)46(2)36-29-20-42-34(28-11-3-7-23-8-4-12-30(39)32(23)28)33(41)35(29)43-38(44-36)50-37-24-9-5-17-48(37)21-25(40)19-24/h3-4,7-8,11-12,20,24-27,37H,5-6,9-10,15-19,21-22H2,1-2H3/t24-,25-,26?,27-,37?/m1/s1. The first-order valence-electron chi connectivity index (χ1n) is 17.6. The van der Waals surface area contributed by atoms with E-state index in [0.29, 0.717) is 53.1 Å². The number of anilines is 1. The molecule has 260 valence electrons. The zero-order chi connectivity index (χ0) is 34.5. The lowest BCUT2D eigenvalue weighted by molar-refractivity contribution is -0.124. The number of rotatable bonds is 5. The predicted octanol–water partition coefficient (Wildman–Crippen LogP) is 5.93. The first-order valence-corrected chi connectivity index (χ1v) is 17.9. The van der Waals surface area contributed by atoms with E-state index < -0.39 is 18.2 Å². The summed E-state index contributed by atoms with van der Waals surface area (Å²) in [6.07, 6.45) is 5.28. The average Bonchev–Trinajstić information content (AvgIpc) is 3.77. The lowest BCUT2D eigenvalue weighted by atomic mass is 9.86. The van der Waals surface area contributed by atoms with Crippen LogP contribution in [0.5, 0.6) is 6.01 Å². The maximum atomic E-state index is 16.9. The van der Waals surface area contributed by atoms with Crippen molar-refractivity contribution in [3.05, 3.63) is 53.4 Å². The number of halogens is 3. The van der Waals surface area contributed by atoms with E-state index in [0.717, 1.165) is 44.2 Å². The molecule has 4 aromatic rings. The van der Waals surface area contributed by atoms with Gasteiger partial charge in [-0.1, -0.05) is 47.9 Å². The minimum atomic E-state index is -0.908. The molecule has 2 bridgehead atoms. The topological polar surface area (TPSA) is 77.9 Å². The summed E-state index contributed by atoms with van der Waals surface area (Å²) in [5.41, 5.74) is 0.750. The van der Waals surface area contributed by atoms with Gasteiger partial charge in [0, 0.05) is 67.4 Å². The summed E-state index contributed by atoms with van der Waals surface area (Å²) in [7, 11) is 3.93. The van der Waals surface area contributed by atoms with Crippen molar-refractivity contribution in [1.29, 1.82) is 0 Å². The molecule has 2 aromatic heterocycles. The number of hydrogen-bond donors (Lipinski definition) is 0. The van der Waals surface area contributed by atoms with Crippen LogP contribution in [0.4, 0.5) is 14.6 Å². The molecule has 1 amide bonds. The predicted molar refractivity (Wildman–Crippen MR) is 190 cm³/mol. The summed E-state index contributed by atoms with van der Waals surface area (Å²) < 4.78 is 37.9. The van der Waals surface area contributed by atoms with Gasteiger partial charge in [-0.2, -0.15) is 9.97 Å². The van der Waals surface area contributed by atoms with E-state index in [1.807, 2.05) is 48.2 Å². The van der Waals surface area contributed by atoms with Crippen LogP contribution in [0.15, 0.2) is 42.6 Å². The van der Waals surface area contributed by atoms with Crippen LogP contribution in [-0.4, -0.2) is 107 Å². The van der Waals surface area contributed by atoms with Gasteiger partial charge < -0.3 is 14.5 Å². The van der Waals surface area contributed by atoms with Gasteiger partial charge in [0.2, 0.25) is 0 Å². The molecule has 50 heavy (non-hydrogen) atoms. The van der Waals surface area contributed by atoms with Crippen molar-refractivity contribution in [2.24, 2.45) is 5.92 Å². The van der Waals surface area contributed by atoms with Crippen LogP contribution in [-0.2, 0) is 4.79 Å². The van der Waals surface area contributed by atoms with Crippen molar-refractivity contribution >= 4 is 45.0 Å². The average molecular weight is 700 g/mol.